The van der Waals surface area contributed by atoms with Crippen molar-refractivity contribution in [2.24, 2.45) is 0 Å². The number of aromatic nitrogens is 3. The van der Waals surface area contributed by atoms with Gasteiger partial charge in [-0.3, -0.25) is 4.79 Å². The highest BCUT2D eigenvalue weighted by Crippen LogP contribution is 2.20. The SMILES string of the molecule is COc1cccc(C(=O)Nc2ccc3nn(-c4cccc(Cl)c4)nc3c2)c1. The van der Waals surface area contributed by atoms with Gasteiger partial charge in [-0.15, -0.1) is 10.2 Å². The first-order chi connectivity index (χ1) is 13.1. The Morgan fingerprint density at radius 2 is 1.81 bits per heavy atom. The van der Waals surface area contributed by atoms with E-state index < -0.39 is 0 Å². The van der Waals surface area contributed by atoms with Crippen LogP contribution >= 0.6 is 11.6 Å². The number of hydrogen-bond acceptors (Lipinski definition) is 4. The second kappa shape index (κ2) is 7.09. The zero-order valence-corrected chi connectivity index (χ0v) is 15.1. The van der Waals surface area contributed by atoms with E-state index >= 15 is 0 Å². The van der Waals surface area contributed by atoms with Crippen molar-refractivity contribution in [1.29, 1.82) is 0 Å². The topological polar surface area (TPSA) is 69.0 Å². The molecule has 27 heavy (non-hydrogen) atoms. The van der Waals surface area contributed by atoms with Crippen LogP contribution in [0.2, 0.25) is 5.02 Å². The van der Waals surface area contributed by atoms with Crippen molar-refractivity contribution in [2.45, 2.75) is 0 Å². The summed E-state index contributed by atoms with van der Waals surface area (Å²) in [7, 11) is 1.56. The highest BCUT2D eigenvalue weighted by Gasteiger charge is 2.10. The van der Waals surface area contributed by atoms with Gasteiger partial charge in [-0.1, -0.05) is 23.7 Å². The number of ether oxygens (including phenoxy) is 1. The summed E-state index contributed by atoms with van der Waals surface area (Å²) in [4.78, 5) is 14.0. The van der Waals surface area contributed by atoms with E-state index in [0.29, 0.717) is 33.1 Å². The van der Waals surface area contributed by atoms with Crippen molar-refractivity contribution in [2.75, 3.05) is 12.4 Å². The van der Waals surface area contributed by atoms with Crippen molar-refractivity contribution in [3.05, 3.63) is 77.3 Å². The molecule has 6 nitrogen and oxygen atoms in total. The fourth-order valence-corrected chi connectivity index (χ4v) is 2.86. The van der Waals surface area contributed by atoms with E-state index in [1.165, 1.54) is 4.80 Å². The van der Waals surface area contributed by atoms with Crippen LogP contribution in [0.4, 0.5) is 5.69 Å². The maximum absolute atomic E-state index is 12.5. The summed E-state index contributed by atoms with van der Waals surface area (Å²) in [5.41, 5.74) is 3.29. The van der Waals surface area contributed by atoms with Gasteiger partial charge in [0.25, 0.3) is 5.91 Å². The second-order valence-corrected chi connectivity index (χ2v) is 6.30. The van der Waals surface area contributed by atoms with Crippen LogP contribution in [-0.4, -0.2) is 28.0 Å². The lowest BCUT2D eigenvalue weighted by Gasteiger charge is -2.06. The van der Waals surface area contributed by atoms with Crippen LogP contribution < -0.4 is 10.1 Å². The lowest BCUT2D eigenvalue weighted by atomic mass is 10.2. The number of methoxy groups -OCH3 is 1. The highest BCUT2D eigenvalue weighted by atomic mass is 35.5. The second-order valence-electron chi connectivity index (χ2n) is 5.86. The quantitative estimate of drug-likeness (QED) is 0.573. The number of amides is 1. The molecule has 0 bridgehead atoms. The van der Waals surface area contributed by atoms with Gasteiger partial charge in [-0.25, -0.2) is 0 Å². The minimum absolute atomic E-state index is 0.226. The number of carbonyl (C=O) groups is 1. The summed E-state index contributed by atoms with van der Waals surface area (Å²) >= 11 is 6.03. The molecule has 4 rings (SSSR count). The minimum Gasteiger partial charge on any atom is -0.497 e. The molecule has 134 valence electrons. The number of nitrogens with one attached hydrogen (secondary N) is 1. The Kier molecular flexibility index (Phi) is 4.48. The molecule has 0 saturated carbocycles. The zero-order chi connectivity index (χ0) is 18.8. The minimum atomic E-state index is -0.226. The first-order valence-corrected chi connectivity index (χ1v) is 8.59. The molecule has 0 fully saturated rings. The molecule has 1 N–H and O–H groups in total. The van der Waals surface area contributed by atoms with E-state index in [4.69, 9.17) is 16.3 Å². The Labute approximate surface area is 160 Å². The van der Waals surface area contributed by atoms with Gasteiger partial charge in [0.1, 0.15) is 16.8 Å². The highest BCUT2D eigenvalue weighted by molar-refractivity contribution is 6.30. The average Bonchev–Trinajstić information content (AvgIpc) is 3.11. The molecular formula is C20H15ClN4O2. The predicted molar refractivity (Wildman–Crippen MR) is 105 cm³/mol. The van der Waals surface area contributed by atoms with E-state index in [1.807, 2.05) is 18.2 Å². The number of hydrogen-bond donors (Lipinski definition) is 1. The standard InChI is InChI=1S/C20H15ClN4O2/c1-27-17-7-2-4-13(10-17)20(26)22-15-8-9-18-19(12-15)24-25(23-18)16-6-3-5-14(21)11-16/h2-12H,1H3,(H,22,26). The van der Waals surface area contributed by atoms with Crippen molar-refractivity contribution in [1.82, 2.24) is 15.0 Å². The van der Waals surface area contributed by atoms with Gasteiger partial charge in [0.2, 0.25) is 0 Å². The third kappa shape index (κ3) is 3.61. The summed E-state index contributed by atoms with van der Waals surface area (Å²) in [6.45, 7) is 0. The molecule has 0 aliphatic carbocycles. The normalized spacial score (nSPS) is 10.7. The molecule has 0 spiro atoms. The number of nitrogens with zero attached hydrogens (tertiary/aromatic N) is 3. The Morgan fingerprint density at radius 1 is 1.00 bits per heavy atom. The first kappa shape index (κ1) is 17.1. The van der Waals surface area contributed by atoms with Crippen LogP contribution in [-0.2, 0) is 0 Å². The summed E-state index contributed by atoms with van der Waals surface area (Å²) < 4.78 is 5.16. The van der Waals surface area contributed by atoms with E-state index in [9.17, 15) is 4.79 Å². The first-order valence-electron chi connectivity index (χ1n) is 8.21. The maximum atomic E-state index is 12.5. The summed E-state index contributed by atoms with van der Waals surface area (Å²) in [5, 5.41) is 12.4. The summed E-state index contributed by atoms with van der Waals surface area (Å²) in [6, 6.07) is 19.6. The number of fused-ring (bicyclic) bond motifs is 1. The van der Waals surface area contributed by atoms with Crippen molar-refractivity contribution < 1.29 is 9.53 Å². The molecule has 0 aliphatic rings. The molecule has 3 aromatic carbocycles. The third-order valence-electron chi connectivity index (χ3n) is 4.01. The Bertz CT molecular complexity index is 1140. The number of anilines is 1. The molecule has 1 amide bonds. The molecule has 1 aromatic heterocycles. The number of benzene rings is 3. The van der Waals surface area contributed by atoms with Crippen LogP contribution in [0.3, 0.4) is 0 Å². The van der Waals surface area contributed by atoms with Crippen LogP contribution in [0.5, 0.6) is 5.75 Å². The summed E-state index contributed by atoms with van der Waals surface area (Å²) in [6.07, 6.45) is 0. The van der Waals surface area contributed by atoms with E-state index in [2.05, 4.69) is 15.5 Å². The van der Waals surface area contributed by atoms with E-state index in [1.54, 1.807) is 55.6 Å². The number of carbonyl (C=O) groups excluding carboxylic acids is 1. The monoisotopic (exact) mass is 378 g/mol. The molecule has 7 heteroatoms. The lowest BCUT2D eigenvalue weighted by molar-refractivity contribution is 0.102. The Balaban J connectivity index is 1.60. The van der Waals surface area contributed by atoms with Crippen LogP contribution in [0.15, 0.2) is 66.7 Å². The summed E-state index contributed by atoms with van der Waals surface area (Å²) in [5.74, 6) is 0.401. The van der Waals surface area contributed by atoms with Crippen molar-refractivity contribution >= 4 is 34.2 Å². The van der Waals surface area contributed by atoms with Gasteiger partial charge < -0.3 is 10.1 Å². The van der Waals surface area contributed by atoms with Gasteiger partial charge in [0, 0.05) is 16.3 Å². The van der Waals surface area contributed by atoms with Crippen LogP contribution in [0.1, 0.15) is 10.4 Å². The molecule has 1 heterocycles. The molecule has 0 aliphatic heterocycles. The molecule has 0 atom stereocenters. The Hall–Kier alpha value is -3.38. The van der Waals surface area contributed by atoms with Gasteiger partial charge in [-0.2, -0.15) is 4.80 Å². The predicted octanol–water partition coefficient (Wildman–Crippen LogP) is 4.33. The largest absolute Gasteiger partial charge is 0.497 e. The smallest absolute Gasteiger partial charge is 0.255 e. The maximum Gasteiger partial charge on any atom is 0.255 e. The van der Waals surface area contributed by atoms with Gasteiger partial charge in [0.15, 0.2) is 0 Å². The van der Waals surface area contributed by atoms with Gasteiger partial charge >= 0.3 is 0 Å². The lowest BCUT2D eigenvalue weighted by Crippen LogP contribution is -2.11. The van der Waals surface area contributed by atoms with Crippen LogP contribution in [0, 0.1) is 0 Å². The van der Waals surface area contributed by atoms with Gasteiger partial charge in [0.05, 0.1) is 12.8 Å². The van der Waals surface area contributed by atoms with E-state index in [-0.39, 0.29) is 5.91 Å². The molecule has 0 saturated heterocycles. The third-order valence-corrected chi connectivity index (χ3v) is 4.24. The molecule has 4 aromatic rings. The fourth-order valence-electron chi connectivity index (χ4n) is 2.68. The van der Waals surface area contributed by atoms with Crippen molar-refractivity contribution in [3.63, 3.8) is 0 Å². The van der Waals surface area contributed by atoms with Crippen LogP contribution in [0.25, 0.3) is 16.7 Å². The van der Waals surface area contributed by atoms with E-state index in [0.717, 1.165) is 5.69 Å². The van der Waals surface area contributed by atoms with Crippen molar-refractivity contribution in [3.8, 4) is 11.4 Å². The number of halogens is 1. The average molecular weight is 379 g/mol. The number of rotatable bonds is 4. The van der Waals surface area contributed by atoms with Gasteiger partial charge in [-0.05, 0) is 54.6 Å². The fraction of sp³-hybridized carbons (Fsp3) is 0.0500. The molecular weight excluding hydrogens is 364 g/mol. The molecule has 0 radical (unpaired) electrons. The molecule has 0 unspecified atom stereocenters. The zero-order valence-electron chi connectivity index (χ0n) is 14.4. The Morgan fingerprint density at radius 3 is 2.63 bits per heavy atom.